The number of rotatable bonds is 5. The topological polar surface area (TPSA) is 106 Å². The molecule has 0 amide bonds. The van der Waals surface area contributed by atoms with Crippen LogP contribution in [-0.2, 0) is 10.0 Å². The average Bonchev–Trinajstić information content (AvgIpc) is 2.73. The van der Waals surface area contributed by atoms with Gasteiger partial charge in [0.25, 0.3) is 10.0 Å². The second-order valence-electron chi connectivity index (χ2n) is 6.42. The van der Waals surface area contributed by atoms with E-state index in [0.29, 0.717) is 16.9 Å². The highest BCUT2D eigenvalue weighted by Crippen LogP contribution is 2.23. The van der Waals surface area contributed by atoms with Crippen molar-refractivity contribution in [3.05, 3.63) is 82.9 Å². The lowest BCUT2D eigenvalue weighted by atomic mass is 10.1. The van der Waals surface area contributed by atoms with Crippen LogP contribution in [0.5, 0.6) is 5.75 Å². The van der Waals surface area contributed by atoms with Crippen LogP contribution in [0, 0.1) is 24.6 Å². The van der Waals surface area contributed by atoms with Crippen LogP contribution in [0.2, 0.25) is 0 Å². The van der Waals surface area contributed by atoms with Gasteiger partial charge < -0.3 is 9.84 Å². The minimum atomic E-state index is -3.98. The fourth-order valence-corrected chi connectivity index (χ4v) is 3.80. The summed E-state index contributed by atoms with van der Waals surface area (Å²) in [6, 6.07) is 10.9. The number of halogens is 1. The number of hydrogen-bond donors (Lipinski definition) is 2. The molecular weight excluding hydrogens is 423 g/mol. The second-order valence-corrected chi connectivity index (χ2v) is 8.10. The van der Waals surface area contributed by atoms with Gasteiger partial charge in [0.15, 0.2) is 5.69 Å². The third-order valence-corrected chi connectivity index (χ3v) is 5.56. The number of nitrogens with one attached hydrogen (secondary N) is 1. The Morgan fingerprint density at radius 1 is 1.16 bits per heavy atom. The first-order valence-corrected chi connectivity index (χ1v) is 10.4. The van der Waals surface area contributed by atoms with Gasteiger partial charge in [-0.1, -0.05) is 17.9 Å². The van der Waals surface area contributed by atoms with Gasteiger partial charge in [0, 0.05) is 17.8 Å². The van der Waals surface area contributed by atoms with Crippen molar-refractivity contribution in [3.8, 4) is 17.6 Å². The number of benzene rings is 2. The molecule has 0 saturated heterocycles. The van der Waals surface area contributed by atoms with Crippen LogP contribution in [0.3, 0.4) is 0 Å². The summed E-state index contributed by atoms with van der Waals surface area (Å²) in [5.74, 6) is 4.09. The molecule has 0 saturated carbocycles. The summed E-state index contributed by atoms with van der Waals surface area (Å²) in [5, 5.41) is 9.05. The first-order chi connectivity index (χ1) is 14.7. The molecule has 0 spiro atoms. The zero-order valence-corrected chi connectivity index (χ0v) is 17.3. The van der Waals surface area contributed by atoms with E-state index >= 15 is 0 Å². The maximum absolute atomic E-state index is 13.8. The summed E-state index contributed by atoms with van der Waals surface area (Å²) in [7, 11) is -2.56. The Morgan fingerprint density at radius 3 is 2.61 bits per heavy atom. The fraction of sp³-hybridized carbons (Fsp3) is 0.0909. The number of aromatic carboxylic acids is 1. The maximum Gasteiger partial charge on any atom is 0.354 e. The molecule has 3 aromatic rings. The van der Waals surface area contributed by atoms with Crippen molar-refractivity contribution in [1.29, 1.82) is 0 Å². The van der Waals surface area contributed by atoms with Crippen molar-refractivity contribution in [2.24, 2.45) is 0 Å². The van der Waals surface area contributed by atoms with E-state index in [1.807, 2.05) is 0 Å². The Morgan fingerprint density at radius 2 is 1.94 bits per heavy atom. The van der Waals surface area contributed by atoms with E-state index in [1.165, 1.54) is 43.6 Å². The van der Waals surface area contributed by atoms with Crippen LogP contribution in [-0.4, -0.2) is 31.6 Å². The quantitative estimate of drug-likeness (QED) is 0.589. The Hall–Kier alpha value is -3.90. The molecule has 0 bridgehead atoms. The molecule has 0 aliphatic heterocycles. The fourth-order valence-electron chi connectivity index (χ4n) is 2.69. The third kappa shape index (κ3) is 5.18. The predicted octanol–water partition coefficient (Wildman–Crippen LogP) is 3.44. The molecule has 0 aliphatic carbocycles. The number of nitrogens with zero attached hydrogens (tertiary/aromatic N) is 1. The molecular formula is C22H17FN2O5S. The Balaban J connectivity index is 1.96. The van der Waals surface area contributed by atoms with Gasteiger partial charge in [-0.15, -0.1) is 0 Å². The van der Waals surface area contributed by atoms with Crippen molar-refractivity contribution >= 4 is 21.7 Å². The van der Waals surface area contributed by atoms with Crippen molar-refractivity contribution in [2.45, 2.75) is 11.8 Å². The number of sulfonamides is 1. The van der Waals surface area contributed by atoms with Crippen LogP contribution >= 0.6 is 0 Å². The van der Waals surface area contributed by atoms with Gasteiger partial charge >= 0.3 is 5.97 Å². The molecule has 0 aliphatic rings. The maximum atomic E-state index is 13.8. The van der Waals surface area contributed by atoms with Gasteiger partial charge in [0.05, 0.1) is 23.3 Å². The first kappa shape index (κ1) is 21.8. The van der Waals surface area contributed by atoms with Gasteiger partial charge in [-0.3, -0.25) is 4.72 Å². The summed E-state index contributed by atoms with van der Waals surface area (Å²) in [5.41, 5.74) is 0.906. The van der Waals surface area contributed by atoms with Gasteiger partial charge in [-0.05, 0) is 48.9 Å². The largest absolute Gasteiger partial charge is 0.497 e. The molecule has 0 fully saturated rings. The monoisotopic (exact) mass is 440 g/mol. The molecule has 158 valence electrons. The minimum absolute atomic E-state index is 0.0285. The highest BCUT2D eigenvalue weighted by Gasteiger charge is 2.17. The van der Waals surface area contributed by atoms with Gasteiger partial charge in [0.2, 0.25) is 0 Å². The van der Waals surface area contributed by atoms with Crippen molar-refractivity contribution in [3.63, 3.8) is 0 Å². The van der Waals surface area contributed by atoms with Crippen LogP contribution in [0.25, 0.3) is 0 Å². The zero-order valence-electron chi connectivity index (χ0n) is 16.5. The van der Waals surface area contributed by atoms with Crippen LogP contribution in [0.1, 0.15) is 27.2 Å². The van der Waals surface area contributed by atoms with Crippen molar-refractivity contribution in [1.82, 2.24) is 4.98 Å². The molecule has 2 N–H and O–H groups in total. The van der Waals surface area contributed by atoms with E-state index in [2.05, 4.69) is 21.5 Å². The van der Waals surface area contributed by atoms with Gasteiger partial charge in [-0.2, -0.15) is 0 Å². The minimum Gasteiger partial charge on any atom is -0.497 e. The Bertz CT molecular complexity index is 1330. The van der Waals surface area contributed by atoms with E-state index < -0.39 is 21.8 Å². The van der Waals surface area contributed by atoms with E-state index in [4.69, 9.17) is 9.84 Å². The number of carboxylic acid groups (broad SMARTS) is 1. The van der Waals surface area contributed by atoms with Crippen molar-refractivity contribution in [2.75, 3.05) is 11.8 Å². The third-order valence-electron chi connectivity index (χ3n) is 4.20. The van der Waals surface area contributed by atoms with Gasteiger partial charge in [0.1, 0.15) is 11.6 Å². The van der Waals surface area contributed by atoms with E-state index in [-0.39, 0.29) is 21.8 Å². The molecule has 31 heavy (non-hydrogen) atoms. The predicted molar refractivity (Wildman–Crippen MR) is 112 cm³/mol. The number of aryl methyl sites for hydroxylation is 1. The van der Waals surface area contributed by atoms with Crippen LogP contribution in [0.15, 0.2) is 59.6 Å². The summed E-state index contributed by atoms with van der Waals surface area (Å²) < 4.78 is 46.8. The highest BCUT2D eigenvalue weighted by atomic mass is 32.2. The number of aromatic nitrogens is 1. The molecule has 1 aromatic heterocycles. The normalized spacial score (nSPS) is 10.7. The Kier molecular flexibility index (Phi) is 6.22. The first-order valence-electron chi connectivity index (χ1n) is 8.88. The lowest BCUT2D eigenvalue weighted by Crippen LogP contribution is -2.14. The number of ether oxygens (including phenoxy) is 1. The lowest BCUT2D eigenvalue weighted by molar-refractivity contribution is 0.0689. The number of pyridine rings is 1. The number of methoxy groups -OCH3 is 1. The van der Waals surface area contributed by atoms with Gasteiger partial charge in [-0.25, -0.2) is 22.6 Å². The van der Waals surface area contributed by atoms with E-state index in [1.54, 1.807) is 13.0 Å². The zero-order chi connectivity index (χ0) is 22.6. The van der Waals surface area contributed by atoms with Crippen LogP contribution in [0.4, 0.5) is 10.1 Å². The molecule has 0 atom stereocenters. The molecule has 7 nitrogen and oxygen atoms in total. The summed E-state index contributed by atoms with van der Waals surface area (Å²) >= 11 is 0. The Labute approximate surface area is 178 Å². The standard InChI is InChI=1S/C22H17FN2O5S/c1-14-10-15(13-24-21(14)22(26)27)6-7-16-11-17(23)8-9-20(16)25-31(28,29)19-5-3-4-18(12-19)30-2/h3-5,8-13,25H,1-2H3,(H,26,27). The second kappa shape index (κ2) is 8.85. The van der Waals surface area contributed by atoms with E-state index in [9.17, 15) is 17.6 Å². The smallest absolute Gasteiger partial charge is 0.354 e. The summed E-state index contributed by atoms with van der Waals surface area (Å²) in [4.78, 5) is 14.9. The SMILES string of the molecule is COc1cccc(S(=O)(=O)Nc2ccc(F)cc2C#Cc2cnc(C(=O)O)c(C)c2)c1. The van der Waals surface area contributed by atoms with E-state index in [0.717, 1.165) is 12.1 Å². The summed E-state index contributed by atoms with van der Waals surface area (Å²) in [6.45, 7) is 1.58. The molecule has 1 heterocycles. The lowest BCUT2D eigenvalue weighted by Gasteiger charge is -2.11. The molecule has 0 unspecified atom stereocenters. The molecule has 9 heteroatoms. The number of anilines is 1. The molecule has 0 radical (unpaired) electrons. The van der Waals surface area contributed by atoms with Crippen LogP contribution < -0.4 is 9.46 Å². The summed E-state index contributed by atoms with van der Waals surface area (Å²) in [6.07, 6.45) is 1.28. The van der Waals surface area contributed by atoms with Crippen molar-refractivity contribution < 1.29 is 27.4 Å². The average molecular weight is 440 g/mol. The number of carbonyl (C=O) groups is 1. The molecule has 2 aromatic carbocycles. The molecule has 3 rings (SSSR count). The highest BCUT2D eigenvalue weighted by molar-refractivity contribution is 7.92. The number of carboxylic acids is 1. The number of hydrogen-bond acceptors (Lipinski definition) is 5.